The normalized spacial score (nSPS) is 20.9. The van der Waals surface area contributed by atoms with Gasteiger partial charge in [0.2, 0.25) is 11.8 Å². The van der Waals surface area contributed by atoms with Gasteiger partial charge in [0.1, 0.15) is 0 Å². The number of likely N-dealkylation sites (tertiary alicyclic amines) is 1. The number of methoxy groups -OCH3 is 1. The predicted molar refractivity (Wildman–Crippen MR) is 125 cm³/mol. The van der Waals surface area contributed by atoms with E-state index in [0.29, 0.717) is 17.9 Å². The van der Waals surface area contributed by atoms with Crippen LogP contribution in [0.5, 0.6) is 5.88 Å². The van der Waals surface area contributed by atoms with Gasteiger partial charge in [0.25, 0.3) is 0 Å². The van der Waals surface area contributed by atoms with Gasteiger partial charge in [-0.3, -0.25) is 4.90 Å². The van der Waals surface area contributed by atoms with Crippen LogP contribution in [0.3, 0.4) is 0 Å². The smallest absolute Gasteiger partial charge is 0.481 e. The number of hydrogen-bond acceptors (Lipinski definition) is 9. The average Bonchev–Trinajstić information content (AvgIpc) is 3.25. The molecule has 0 unspecified atom stereocenters. The number of anilines is 1. The summed E-state index contributed by atoms with van der Waals surface area (Å²) in [5.74, 6) is -4.11. The highest BCUT2D eigenvalue weighted by Gasteiger charge is 2.43. The Labute approximate surface area is 224 Å². The summed E-state index contributed by atoms with van der Waals surface area (Å²) in [5, 5.41) is 17.7. The minimum absolute atomic E-state index is 0.0832. The van der Waals surface area contributed by atoms with E-state index < -0.39 is 24.3 Å². The van der Waals surface area contributed by atoms with Crippen molar-refractivity contribution in [3.05, 3.63) is 42.4 Å². The van der Waals surface area contributed by atoms with Crippen LogP contribution in [0.25, 0.3) is 0 Å². The molecule has 0 aromatic carbocycles. The average molecular weight is 583 g/mol. The van der Waals surface area contributed by atoms with Crippen molar-refractivity contribution in [2.75, 3.05) is 32.1 Å². The molecule has 3 N–H and O–H groups in total. The maximum atomic E-state index is 10.6. The van der Waals surface area contributed by atoms with Gasteiger partial charge >= 0.3 is 24.3 Å². The second-order valence-corrected chi connectivity index (χ2v) is 8.68. The first-order chi connectivity index (χ1) is 18.6. The molecule has 4 heterocycles. The van der Waals surface area contributed by atoms with Crippen molar-refractivity contribution in [2.24, 2.45) is 0 Å². The fourth-order valence-corrected chi connectivity index (χ4v) is 4.02. The molecule has 2 atom stereocenters. The SMILES string of the molecule is COc1ncccc1CN1CC[C@@]2(C[C@@H](Nc3ncccn3)CCO2)C1.O=C(O)C(F)(F)F.O=C(O)C(F)(F)F. The quantitative estimate of drug-likeness (QED) is 0.445. The number of aliphatic carboxylic acids is 2. The minimum atomic E-state index is -5.08. The molecule has 2 aliphatic rings. The number of nitrogens with one attached hydrogen (secondary N) is 1. The van der Waals surface area contributed by atoms with Crippen molar-refractivity contribution in [3.8, 4) is 5.88 Å². The number of pyridine rings is 1. The largest absolute Gasteiger partial charge is 0.490 e. The third-order valence-electron chi connectivity index (χ3n) is 5.71. The molecule has 17 heteroatoms. The van der Waals surface area contributed by atoms with E-state index in [1.54, 1.807) is 25.7 Å². The standard InChI is InChI=1S/C19H25N5O2.2C2HF3O2/c1-25-17-15(4-2-7-20-17)13-24-10-6-19(14-24)12-16(5-11-26-19)23-18-21-8-3-9-22-18;2*3-2(4,5)1(6)7/h2-4,7-9,16H,5-6,10-14H2,1H3,(H,21,22,23);2*(H,6,7)/t16-,19+;;/m0../s1. The number of ether oxygens (including phenoxy) is 2. The van der Waals surface area contributed by atoms with Gasteiger partial charge in [-0.15, -0.1) is 0 Å². The van der Waals surface area contributed by atoms with E-state index >= 15 is 0 Å². The lowest BCUT2D eigenvalue weighted by Gasteiger charge is -2.38. The van der Waals surface area contributed by atoms with E-state index in [-0.39, 0.29) is 5.60 Å². The van der Waals surface area contributed by atoms with Gasteiger partial charge in [-0.05, 0) is 31.4 Å². The van der Waals surface area contributed by atoms with Crippen molar-refractivity contribution < 1.29 is 55.6 Å². The summed E-state index contributed by atoms with van der Waals surface area (Å²) >= 11 is 0. The summed E-state index contributed by atoms with van der Waals surface area (Å²) in [4.78, 5) is 33.1. The first-order valence-electron chi connectivity index (χ1n) is 11.6. The van der Waals surface area contributed by atoms with Crippen LogP contribution < -0.4 is 10.1 Å². The molecule has 0 saturated carbocycles. The fraction of sp³-hybridized carbons (Fsp3) is 0.522. The van der Waals surface area contributed by atoms with Crippen LogP contribution in [0.15, 0.2) is 36.8 Å². The molecule has 4 rings (SSSR count). The van der Waals surface area contributed by atoms with Gasteiger partial charge < -0.3 is 25.0 Å². The summed E-state index contributed by atoms with van der Waals surface area (Å²) in [7, 11) is 1.67. The minimum Gasteiger partial charge on any atom is -0.481 e. The summed E-state index contributed by atoms with van der Waals surface area (Å²) in [6, 6.07) is 6.22. The van der Waals surface area contributed by atoms with E-state index in [1.807, 2.05) is 12.1 Å². The molecule has 0 radical (unpaired) electrons. The van der Waals surface area contributed by atoms with Crippen LogP contribution >= 0.6 is 0 Å². The zero-order valence-electron chi connectivity index (χ0n) is 21.1. The van der Waals surface area contributed by atoms with Crippen LogP contribution in [-0.2, 0) is 20.9 Å². The van der Waals surface area contributed by atoms with Crippen LogP contribution in [0, 0.1) is 0 Å². The second kappa shape index (κ2) is 14.1. The maximum absolute atomic E-state index is 10.6. The zero-order valence-corrected chi connectivity index (χ0v) is 21.1. The summed E-state index contributed by atoms with van der Waals surface area (Å²) in [6.07, 6.45) is -1.86. The first-order valence-corrected chi connectivity index (χ1v) is 11.6. The van der Waals surface area contributed by atoms with Gasteiger partial charge in [0, 0.05) is 56.4 Å². The topological polar surface area (TPSA) is 147 Å². The number of alkyl halides is 6. The lowest BCUT2D eigenvalue weighted by molar-refractivity contribution is -0.193. The highest BCUT2D eigenvalue weighted by Crippen LogP contribution is 2.36. The van der Waals surface area contributed by atoms with E-state index in [4.69, 9.17) is 29.3 Å². The maximum Gasteiger partial charge on any atom is 0.490 e. The third kappa shape index (κ3) is 10.4. The Balaban J connectivity index is 0.000000333. The Kier molecular flexibility index (Phi) is 11.4. The van der Waals surface area contributed by atoms with Crippen molar-refractivity contribution in [1.29, 1.82) is 0 Å². The molecule has 40 heavy (non-hydrogen) atoms. The Morgan fingerprint density at radius 1 is 1.07 bits per heavy atom. The molecule has 2 aromatic rings. The van der Waals surface area contributed by atoms with Crippen molar-refractivity contribution in [1.82, 2.24) is 19.9 Å². The van der Waals surface area contributed by atoms with Crippen molar-refractivity contribution >= 4 is 17.9 Å². The molecule has 0 amide bonds. The fourth-order valence-electron chi connectivity index (χ4n) is 4.02. The van der Waals surface area contributed by atoms with E-state index in [2.05, 4.69) is 31.2 Å². The molecule has 2 saturated heterocycles. The van der Waals surface area contributed by atoms with Crippen LogP contribution in [-0.4, -0.2) is 92.8 Å². The van der Waals surface area contributed by atoms with Gasteiger partial charge in [-0.1, -0.05) is 6.07 Å². The molecule has 2 aromatic heterocycles. The number of hydrogen-bond donors (Lipinski definition) is 3. The number of carboxylic acid groups (broad SMARTS) is 2. The Bertz CT molecular complexity index is 1080. The summed E-state index contributed by atoms with van der Waals surface area (Å²) in [6.45, 7) is 3.56. The first kappa shape index (κ1) is 32.5. The Morgan fingerprint density at radius 2 is 1.65 bits per heavy atom. The monoisotopic (exact) mass is 583 g/mol. The van der Waals surface area contributed by atoms with Crippen LogP contribution in [0.4, 0.5) is 32.3 Å². The molecule has 2 aliphatic heterocycles. The predicted octanol–water partition coefficient (Wildman–Crippen LogP) is 3.38. The molecular weight excluding hydrogens is 556 g/mol. The highest BCUT2D eigenvalue weighted by atomic mass is 19.4. The summed E-state index contributed by atoms with van der Waals surface area (Å²) < 4.78 is 75.1. The number of halogens is 6. The van der Waals surface area contributed by atoms with E-state index in [0.717, 1.165) is 51.1 Å². The van der Waals surface area contributed by atoms with E-state index in [9.17, 15) is 26.3 Å². The van der Waals surface area contributed by atoms with Gasteiger partial charge in [0.05, 0.1) is 12.7 Å². The molecule has 0 aliphatic carbocycles. The lowest BCUT2D eigenvalue weighted by atomic mass is 9.89. The van der Waals surface area contributed by atoms with Crippen molar-refractivity contribution in [2.45, 2.75) is 49.8 Å². The van der Waals surface area contributed by atoms with Crippen LogP contribution in [0.1, 0.15) is 24.8 Å². The zero-order chi connectivity index (χ0) is 30.0. The van der Waals surface area contributed by atoms with Gasteiger partial charge in [-0.2, -0.15) is 26.3 Å². The van der Waals surface area contributed by atoms with Crippen molar-refractivity contribution in [3.63, 3.8) is 0 Å². The molecule has 2 fully saturated rings. The highest BCUT2D eigenvalue weighted by molar-refractivity contribution is 5.73. The molecular formula is C23H27F6N5O6. The number of nitrogens with zero attached hydrogens (tertiary/aromatic N) is 4. The molecule has 1 spiro atoms. The van der Waals surface area contributed by atoms with E-state index in [1.165, 1.54) is 0 Å². The molecule has 0 bridgehead atoms. The van der Waals surface area contributed by atoms with Gasteiger partial charge in [-0.25, -0.2) is 24.5 Å². The third-order valence-corrected chi connectivity index (χ3v) is 5.71. The van der Waals surface area contributed by atoms with Crippen LogP contribution in [0.2, 0.25) is 0 Å². The summed E-state index contributed by atoms with van der Waals surface area (Å²) in [5.41, 5.74) is 1.04. The molecule has 222 valence electrons. The number of aromatic nitrogens is 3. The van der Waals surface area contributed by atoms with Gasteiger partial charge in [0.15, 0.2) is 0 Å². The second-order valence-electron chi connectivity index (χ2n) is 8.68. The number of carboxylic acids is 2. The lowest BCUT2D eigenvalue weighted by Crippen LogP contribution is -2.46. The Hall–Kier alpha value is -3.73. The number of rotatable bonds is 5. The molecule has 11 nitrogen and oxygen atoms in total. The number of carbonyl (C=O) groups is 2. The Morgan fingerprint density at radius 3 is 2.20 bits per heavy atom.